The minimum Gasteiger partial charge on any atom is -0.355 e. The van der Waals surface area contributed by atoms with E-state index in [0.29, 0.717) is 12.4 Å². The van der Waals surface area contributed by atoms with Crippen molar-refractivity contribution in [2.24, 2.45) is 5.92 Å². The Balaban J connectivity index is 1.90. The molecule has 3 N–H and O–H groups in total. The highest BCUT2D eigenvalue weighted by Gasteiger charge is 2.28. The number of hydrogen-bond donors (Lipinski definition) is 3. The summed E-state index contributed by atoms with van der Waals surface area (Å²) in [6.07, 6.45) is 3.62. The van der Waals surface area contributed by atoms with Crippen molar-refractivity contribution in [3.05, 3.63) is 18.2 Å². The van der Waals surface area contributed by atoms with Crippen LogP contribution < -0.4 is 10.6 Å². The average Bonchev–Trinajstić information content (AvgIpc) is 2.87. The summed E-state index contributed by atoms with van der Waals surface area (Å²) in [5, 5.41) is 5.46. The molecule has 1 aliphatic heterocycles. The Kier molecular flexibility index (Phi) is 2.89. The van der Waals surface area contributed by atoms with E-state index in [1.807, 2.05) is 6.92 Å². The lowest BCUT2D eigenvalue weighted by atomic mass is 10.1. The van der Waals surface area contributed by atoms with E-state index in [-0.39, 0.29) is 30.2 Å². The number of hydrogen-bond acceptors (Lipinski definition) is 3. The Morgan fingerprint density at radius 3 is 3.06 bits per heavy atom. The first kappa shape index (κ1) is 10.7. The molecule has 0 aliphatic carbocycles. The number of rotatable bonds is 3. The van der Waals surface area contributed by atoms with Gasteiger partial charge in [-0.2, -0.15) is 0 Å². The topological polar surface area (TPSA) is 86.9 Å². The Hall–Kier alpha value is -1.85. The van der Waals surface area contributed by atoms with Crippen LogP contribution in [0.1, 0.15) is 25.2 Å². The Bertz CT molecular complexity index is 388. The zero-order valence-electron chi connectivity index (χ0n) is 8.99. The third kappa shape index (κ3) is 2.21. The Morgan fingerprint density at radius 2 is 2.50 bits per heavy atom. The van der Waals surface area contributed by atoms with Crippen LogP contribution in [0.2, 0.25) is 0 Å². The molecule has 0 radical (unpaired) electrons. The number of carbonyl (C=O) groups excluding carboxylic acids is 2. The zero-order valence-corrected chi connectivity index (χ0v) is 8.99. The van der Waals surface area contributed by atoms with Crippen molar-refractivity contribution in [3.8, 4) is 0 Å². The summed E-state index contributed by atoms with van der Waals surface area (Å²) >= 11 is 0. The predicted octanol–water partition coefficient (Wildman–Crippen LogP) is -0.277. The molecule has 1 aliphatic rings. The van der Waals surface area contributed by atoms with Crippen molar-refractivity contribution in [2.45, 2.75) is 19.4 Å². The lowest BCUT2D eigenvalue weighted by Gasteiger charge is -2.14. The summed E-state index contributed by atoms with van der Waals surface area (Å²) in [6.45, 7) is 2.27. The molecule has 86 valence electrons. The first-order valence-electron chi connectivity index (χ1n) is 5.23. The molecule has 0 spiro atoms. The van der Waals surface area contributed by atoms with E-state index in [4.69, 9.17) is 0 Å². The Morgan fingerprint density at radius 1 is 1.69 bits per heavy atom. The van der Waals surface area contributed by atoms with Crippen molar-refractivity contribution in [2.75, 3.05) is 6.54 Å². The van der Waals surface area contributed by atoms with Gasteiger partial charge in [-0.1, -0.05) is 0 Å². The molecule has 1 aromatic rings. The standard InChI is InChI=1S/C10H14N4O2/c1-6(9-11-2-3-12-9)14-10(16)7-4-8(15)13-5-7/h2-3,6-7H,4-5H2,1H3,(H,11,12)(H,13,15)(H,14,16). The molecule has 2 heterocycles. The first-order chi connectivity index (χ1) is 7.66. The summed E-state index contributed by atoms with van der Waals surface area (Å²) in [7, 11) is 0. The minimum atomic E-state index is -0.259. The highest BCUT2D eigenvalue weighted by molar-refractivity contribution is 5.89. The number of imidazole rings is 1. The fourth-order valence-electron chi connectivity index (χ4n) is 1.70. The molecule has 1 fully saturated rings. The minimum absolute atomic E-state index is 0.0641. The fraction of sp³-hybridized carbons (Fsp3) is 0.500. The maximum absolute atomic E-state index is 11.8. The predicted molar refractivity (Wildman–Crippen MR) is 56.3 cm³/mol. The number of nitrogens with one attached hydrogen (secondary N) is 3. The third-order valence-corrected chi connectivity index (χ3v) is 2.64. The first-order valence-corrected chi connectivity index (χ1v) is 5.23. The number of aromatic nitrogens is 2. The molecule has 2 atom stereocenters. The molecule has 2 unspecified atom stereocenters. The van der Waals surface area contributed by atoms with E-state index < -0.39 is 0 Å². The second-order valence-electron chi connectivity index (χ2n) is 3.91. The van der Waals surface area contributed by atoms with E-state index in [1.165, 1.54) is 0 Å². The van der Waals surface area contributed by atoms with Gasteiger partial charge in [-0.3, -0.25) is 9.59 Å². The van der Waals surface area contributed by atoms with Gasteiger partial charge in [0, 0.05) is 25.4 Å². The van der Waals surface area contributed by atoms with Gasteiger partial charge in [0.15, 0.2) is 0 Å². The van der Waals surface area contributed by atoms with E-state index in [1.54, 1.807) is 12.4 Å². The summed E-state index contributed by atoms with van der Waals surface area (Å²) in [4.78, 5) is 29.7. The van der Waals surface area contributed by atoms with Crippen LogP contribution in [0.25, 0.3) is 0 Å². The number of nitrogens with zero attached hydrogens (tertiary/aromatic N) is 1. The monoisotopic (exact) mass is 222 g/mol. The van der Waals surface area contributed by atoms with E-state index in [2.05, 4.69) is 20.6 Å². The largest absolute Gasteiger partial charge is 0.355 e. The van der Waals surface area contributed by atoms with Crippen molar-refractivity contribution >= 4 is 11.8 Å². The molecule has 6 heteroatoms. The highest BCUT2D eigenvalue weighted by Crippen LogP contribution is 2.12. The van der Waals surface area contributed by atoms with Crippen molar-refractivity contribution in [1.29, 1.82) is 0 Å². The van der Waals surface area contributed by atoms with Gasteiger partial charge in [0.05, 0.1) is 12.0 Å². The lowest BCUT2D eigenvalue weighted by molar-refractivity contribution is -0.127. The highest BCUT2D eigenvalue weighted by atomic mass is 16.2. The van der Waals surface area contributed by atoms with Crippen LogP contribution in [-0.4, -0.2) is 28.3 Å². The molecular weight excluding hydrogens is 208 g/mol. The number of aromatic amines is 1. The van der Waals surface area contributed by atoms with Crippen LogP contribution in [0.4, 0.5) is 0 Å². The van der Waals surface area contributed by atoms with Crippen LogP contribution >= 0.6 is 0 Å². The van der Waals surface area contributed by atoms with E-state index >= 15 is 0 Å². The molecule has 6 nitrogen and oxygen atoms in total. The van der Waals surface area contributed by atoms with Gasteiger partial charge in [-0.25, -0.2) is 4.98 Å². The van der Waals surface area contributed by atoms with E-state index in [9.17, 15) is 9.59 Å². The summed E-state index contributed by atoms with van der Waals surface area (Å²) in [6, 6.07) is -0.168. The van der Waals surface area contributed by atoms with Gasteiger partial charge >= 0.3 is 0 Å². The average molecular weight is 222 g/mol. The molecule has 0 aromatic carbocycles. The number of H-pyrrole nitrogens is 1. The second-order valence-corrected chi connectivity index (χ2v) is 3.91. The molecule has 2 rings (SSSR count). The van der Waals surface area contributed by atoms with Gasteiger partial charge in [0.25, 0.3) is 0 Å². The van der Waals surface area contributed by atoms with Gasteiger partial charge < -0.3 is 15.6 Å². The van der Waals surface area contributed by atoms with Crippen molar-refractivity contribution in [1.82, 2.24) is 20.6 Å². The smallest absolute Gasteiger partial charge is 0.225 e. The van der Waals surface area contributed by atoms with Crippen molar-refractivity contribution < 1.29 is 9.59 Å². The zero-order chi connectivity index (χ0) is 11.5. The molecular formula is C10H14N4O2. The maximum Gasteiger partial charge on any atom is 0.225 e. The number of carbonyl (C=O) groups is 2. The van der Waals surface area contributed by atoms with Crippen LogP contribution in [-0.2, 0) is 9.59 Å². The van der Waals surface area contributed by atoms with Crippen LogP contribution in [0, 0.1) is 5.92 Å². The maximum atomic E-state index is 11.8. The third-order valence-electron chi connectivity index (χ3n) is 2.64. The summed E-state index contributed by atoms with van der Waals surface area (Å²) in [5.41, 5.74) is 0. The number of amides is 2. The van der Waals surface area contributed by atoms with Crippen LogP contribution in [0.15, 0.2) is 12.4 Å². The molecule has 1 aromatic heterocycles. The van der Waals surface area contributed by atoms with E-state index in [0.717, 1.165) is 0 Å². The van der Waals surface area contributed by atoms with Crippen LogP contribution in [0.5, 0.6) is 0 Å². The SMILES string of the molecule is CC(NC(=O)C1CNC(=O)C1)c1ncc[nH]1. The molecule has 16 heavy (non-hydrogen) atoms. The Labute approximate surface area is 92.8 Å². The van der Waals surface area contributed by atoms with Crippen molar-refractivity contribution in [3.63, 3.8) is 0 Å². The fourth-order valence-corrected chi connectivity index (χ4v) is 1.70. The van der Waals surface area contributed by atoms with Gasteiger partial charge in [0.2, 0.25) is 11.8 Å². The normalized spacial score (nSPS) is 21.6. The lowest BCUT2D eigenvalue weighted by Crippen LogP contribution is -2.34. The van der Waals surface area contributed by atoms with Gasteiger partial charge in [-0.15, -0.1) is 0 Å². The summed E-state index contributed by atoms with van der Waals surface area (Å²) in [5.74, 6) is 0.281. The molecule has 2 amide bonds. The quantitative estimate of drug-likeness (QED) is 0.657. The summed E-state index contributed by atoms with van der Waals surface area (Å²) < 4.78 is 0. The van der Waals surface area contributed by atoms with Gasteiger partial charge in [-0.05, 0) is 6.92 Å². The molecule has 1 saturated heterocycles. The molecule has 0 bridgehead atoms. The van der Waals surface area contributed by atoms with Crippen LogP contribution in [0.3, 0.4) is 0 Å². The molecule has 0 saturated carbocycles. The van der Waals surface area contributed by atoms with Gasteiger partial charge in [0.1, 0.15) is 5.82 Å². The second kappa shape index (κ2) is 4.34.